The summed E-state index contributed by atoms with van der Waals surface area (Å²) in [6, 6.07) is 13.9. The van der Waals surface area contributed by atoms with Crippen LogP contribution in [0.1, 0.15) is 5.56 Å². The van der Waals surface area contributed by atoms with Crippen LogP contribution >= 0.6 is 11.6 Å². The lowest BCUT2D eigenvalue weighted by atomic mass is 10.1. The lowest BCUT2D eigenvalue weighted by Crippen LogP contribution is -2.12. The van der Waals surface area contributed by atoms with Crippen molar-refractivity contribution in [1.29, 1.82) is 0 Å². The van der Waals surface area contributed by atoms with Gasteiger partial charge in [-0.25, -0.2) is 13.6 Å². The molecule has 3 aromatic rings. The Morgan fingerprint density at radius 2 is 1.96 bits per heavy atom. The first-order chi connectivity index (χ1) is 10.9. The molecule has 0 spiro atoms. The summed E-state index contributed by atoms with van der Waals surface area (Å²) in [7, 11) is -3.70. The van der Waals surface area contributed by atoms with Crippen LogP contribution in [0.3, 0.4) is 0 Å². The smallest absolute Gasteiger partial charge is 0.238 e. The number of halogens is 1. The number of fused-ring (bicyclic) bond motifs is 1. The third-order valence-corrected chi connectivity index (χ3v) is 4.56. The molecule has 0 bridgehead atoms. The van der Waals surface area contributed by atoms with Crippen molar-refractivity contribution in [3.05, 3.63) is 65.3 Å². The van der Waals surface area contributed by atoms with Crippen molar-refractivity contribution >= 4 is 38.2 Å². The Hall–Kier alpha value is -2.15. The molecular weight excluding hydrogens is 334 g/mol. The number of hydrogen-bond acceptors (Lipinski definition) is 4. The Morgan fingerprint density at radius 1 is 1.13 bits per heavy atom. The summed E-state index contributed by atoms with van der Waals surface area (Å²) < 4.78 is 22.8. The SMILES string of the molecule is NS(=O)(=O)c1cccc(CNc2ccnc3ccc(Cl)cc23)c1. The summed E-state index contributed by atoms with van der Waals surface area (Å²) in [6.07, 6.45) is 1.71. The molecule has 1 aromatic heterocycles. The number of benzene rings is 2. The van der Waals surface area contributed by atoms with Crippen LogP contribution in [-0.2, 0) is 16.6 Å². The highest BCUT2D eigenvalue weighted by Crippen LogP contribution is 2.25. The number of pyridine rings is 1. The first kappa shape index (κ1) is 15.7. The molecule has 7 heteroatoms. The van der Waals surface area contributed by atoms with Crippen molar-refractivity contribution in [2.24, 2.45) is 5.14 Å². The zero-order valence-corrected chi connectivity index (χ0v) is 13.6. The fraction of sp³-hybridized carbons (Fsp3) is 0.0625. The second kappa shape index (κ2) is 6.16. The number of sulfonamides is 1. The average molecular weight is 348 g/mol. The topological polar surface area (TPSA) is 85.1 Å². The molecule has 3 N–H and O–H groups in total. The Labute approximate surface area is 139 Å². The first-order valence-corrected chi connectivity index (χ1v) is 8.76. The summed E-state index contributed by atoms with van der Waals surface area (Å²) in [6.45, 7) is 0.453. The highest BCUT2D eigenvalue weighted by atomic mass is 35.5. The van der Waals surface area contributed by atoms with Gasteiger partial charge in [-0.2, -0.15) is 0 Å². The average Bonchev–Trinajstić information content (AvgIpc) is 2.52. The van der Waals surface area contributed by atoms with Crippen LogP contribution in [0.2, 0.25) is 5.02 Å². The van der Waals surface area contributed by atoms with Crippen LogP contribution in [0, 0.1) is 0 Å². The normalized spacial score (nSPS) is 11.6. The van der Waals surface area contributed by atoms with E-state index in [4.69, 9.17) is 16.7 Å². The molecule has 0 aliphatic heterocycles. The predicted octanol–water partition coefficient (Wildman–Crippen LogP) is 3.15. The molecule has 5 nitrogen and oxygen atoms in total. The van der Waals surface area contributed by atoms with E-state index in [1.54, 1.807) is 24.4 Å². The third-order valence-electron chi connectivity index (χ3n) is 3.41. The number of hydrogen-bond donors (Lipinski definition) is 2. The second-order valence-corrected chi connectivity index (χ2v) is 7.06. The molecule has 0 aliphatic rings. The van der Waals surface area contributed by atoms with Crippen molar-refractivity contribution in [3.8, 4) is 0 Å². The standard InChI is InChI=1S/C16H14ClN3O2S/c17-12-4-5-15-14(9-12)16(6-7-19-15)20-10-11-2-1-3-13(8-11)23(18,21)22/h1-9H,10H2,(H,19,20)(H2,18,21,22). The Morgan fingerprint density at radius 3 is 2.74 bits per heavy atom. The molecule has 23 heavy (non-hydrogen) atoms. The van der Waals surface area contributed by atoms with Crippen LogP contribution in [0.4, 0.5) is 5.69 Å². The fourth-order valence-electron chi connectivity index (χ4n) is 2.30. The van der Waals surface area contributed by atoms with Crippen LogP contribution in [-0.4, -0.2) is 13.4 Å². The highest BCUT2D eigenvalue weighted by Gasteiger charge is 2.08. The van der Waals surface area contributed by atoms with E-state index in [0.29, 0.717) is 11.6 Å². The van der Waals surface area contributed by atoms with E-state index in [0.717, 1.165) is 22.2 Å². The molecule has 0 saturated carbocycles. The van der Waals surface area contributed by atoms with Gasteiger partial charge in [0.15, 0.2) is 0 Å². The maximum absolute atomic E-state index is 11.4. The van der Waals surface area contributed by atoms with Crippen LogP contribution in [0.5, 0.6) is 0 Å². The molecule has 2 aromatic carbocycles. The second-order valence-electron chi connectivity index (χ2n) is 5.07. The summed E-state index contributed by atoms with van der Waals surface area (Å²) >= 11 is 6.04. The zero-order valence-electron chi connectivity index (χ0n) is 12.0. The van der Waals surface area contributed by atoms with E-state index in [9.17, 15) is 8.42 Å². The molecule has 118 valence electrons. The van der Waals surface area contributed by atoms with Gasteiger partial charge < -0.3 is 5.32 Å². The predicted molar refractivity (Wildman–Crippen MR) is 91.9 cm³/mol. The van der Waals surface area contributed by atoms with Gasteiger partial charge >= 0.3 is 0 Å². The number of rotatable bonds is 4. The van der Waals surface area contributed by atoms with E-state index in [1.165, 1.54) is 6.07 Å². The number of nitrogens with one attached hydrogen (secondary N) is 1. The van der Waals surface area contributed by atoms with Crippen molar-refractivity contribution in [2.75, 3.05) is 5.32 Å². The van der Waals surface area contributed by atoms with Gasteiger partial charge in [-0.05, 0) is 42.0 Å². The number of nitrogens with two attached hydrogens (primary N) is 1. The van der Waals surface area contributed by atoms with Gasteiger partial charge in [0.2, 0.25) is 10.0 Å². The van der Waals surface area contributed by atoms with Crippen molar-refractivity contribution in [1.82, 2.24) is 4.98 Å². The van der Waals surface area contributed by atoms with Crippen molar-refractivity contribution in [2.45, 2.75) is 11.4 Å². The summed E-state index contributed by atoms with van der Waals surface area (Å²) in [5, 5.41) is 9.96. The Kier molecular flexibility index (Phi) is 4.21. The Bertz CT molecular complexity index is 974. The van der Waals surface area contributed by atoms with E-state index in [-0.39, 0.29) is 4.90 Å². The summed E-state index contributed by atoms with van der Waals surface area (Å²) in [5.74, 6) is 0. The van der Waals surface area contributed by atoms with Crippen molar-refractivity contribution < 1.29 is 8.42 Å². The number of aromatic nitrogens is 1. The summed E-state index contributed by atoms with van der Waals surface area (Å²) in [4.78, 5) is 4.39. The van der Waals surface area contributed by atoms with Crippen molar-refractivity contribution in [3.63, 3.8) is 0 Å². The van der Waals surface area contributed by atoms with Gasteiger partial charge in [0.1, 0.15) is 0 Å². The summed E-state index contributed by atoms with van der Waals surface area (Å²) in [5.41, 5.74) is 2.51. The quantitative estimate of drug-likeness (QED) is 0.759. The first-order valence-electron chi connectivity index (χ1n) is 6.83. The minimum Gasteiger partial charge on any atom is -0.380 e. The van der Waals surface area contributed by atoms with Crippen LogP contribution < -0.4 is 10.5 Å². The van der Waals surface area contributed by atoms with E-state index >= 15 is 0 Å². The molecule has 3 rings (SSSR count). The van der Waals surface area contributed by atoms with Gasteiger partial charge in [-0.1, -0.05) is 23.7 Å². The van der Waals surface area contributed by atoms with E-state index < -0.39 is 10.0 Å². The maximum Gasteiger partial charge on any atom is 0.238 e. The zero-order chi connectivity index (χ0) is 16.4. The van der Waals surface area contributed by atoms with E-state index in [1.807, 2.05) is 24.3 Å². The van der Waals surface area contributed by atoms with Gasteiger partial charge in [-0.3, -0.25) is 4.98 Å². The third kappa shape index (κ3) is 3.61. The van der Waals surface area contributed by atoms with Gasteiger partial charge in [-0.15, -0.1) is 0 Å². The van der Waals surface area contributed by atoms with Gasteiger partial charge in [0.05, 0.1) is 10.4 Å². The Balaban J connectivity index is 1.88. The molecule has 0 aliphatic carbocycles. The molecule has 0 saturated heterocycles. The van der Waals surface area contributed by atoms with Crippen LogP contribution in [0.25, 0.3) is 10.9 Å². The molecular formula is C16H14ClN3O2S. The lowest BCUT2D eigenvalue weighted by Gasteiger charge is -2.10. The minimum absolute atomic E-state index is 0.0967. The molecule has 0 unspecified atom stereocenters. The molecule has 0 radical (unpaired) electrons. The molecule has 1 heterocycles. The number of nitrogens with zero attached hydrogens (tertiary/aromatic N) is 1. The van der Waals surface area contributed by atoms with E-state index in [2.05, 4.69) is 10.3 Å². The van der Waals surface area contributed by atoms with Crippen LogP contribution in [0.15, 0.2) is 59.6 Å². The number of anilines is 1. The minimum atomic E-state index is -3.70. The largest absolute Gasteiger partial charge is 0.380 e. The monoisotopic (exact) mass is 347 g/mol. The maximum atomic E-state index is 11.4. The molecule has 0 fully saturated rings. The van der Waals surface area contributed by atoms with Gasteiger partial charge in [0.25, 0.3) is 0 Å². The molecule has 0 amide bonds. The van der Waals surface area contributed by atoms with Gasteiger partial charge in [0, 0.05) is 28.8 Å². The fourth-order valence-corrected chi connectivity index (χ4v) is 3.06. The highest BCUT2D eigenvalue weighted by molar-refractivity contribution is 7.89. The number of primary sulfonamides is 1. The lowest BCUT2D eigenvalue weighted by molar-refractivity contribution is 0.597. The molecule has 0 atom stereocenters.